The van der Waals surface area contributed by atoms with Crippen molar-refractivity contribution in [3.05, 3.63) is 47.5 Å². The monoisotopic (exact) mass is 269 g/mol. The Balaban J connectivity index is 2.84. The molecule has 18 heavy (non-hydrogen) atoms. The van der Waals surface area contributed by atoms with Crippen LogP contribution in [0, 0.1) is 0 Å². The molecule has 2 N–H and O–H groups in total. The molecule has 0 aliphatic carbocycles. The molecule has 0 aliphatic rings. The van der Waals surface area contributed by atoms with Crippen molar-refractivity contribution < 1.29 is 19.4 Å². The Morgan fingerprint density at radius 2 is 2.17 bits per heavy atom. The molecule has 0 unspecified atom stereocenters. The Bertz CT molecular complexity index is 461. The van der Waals surface area contributed by atoms with Crippen molar-refractivity contribution in [3.63, 3.8) is 0 Å². The molecule has 0 saturated carbocycles. The van der Waals surface area contributed by atoms with Crippen LogP contribution in [0.2, 0.25) is 5.02 Å². The molecule has 0 fully saturated rings. The Hall–Kier alpha value is -2.01. The van der Waals surface area contributed by atoms with E-state index < -0.39 is 18.1 Å². The molecule has 5 nitrogen and oxygen atoms in total. The molecule has 1 atom stereocenters. The Labute approximate surface area is 109 Å². The van der Waals surface area contributed by atoms with E-state index in [4.69, 9.17) is 16.7 Å². The van der Waals surface area contributed by atoms with Crippen LogP contribution < -0.4 is 5.32 Å². The summed E-state index contributed by atoms with van der Waals surface area (Å²) in [5.41, 5.74) is 0.294. The van der Waals surface area contributed by atoms with Crippen molar-refractivity contribution in [2.24, 2.45) is 0 Å². The average molecular weight is 270 g/mol. The minimum Gasteiger partial charge on any atom is -0.479 e. The standard InChI is InChI=1S/C12H12ClNO4/c1-2-7-18-12(17)14-10(11(15)16)8-5-3-4-6-9(8)13/h2-6,10H,1,7H2,(H,14,17)(H,15,16)/t10-/m1/s1. The first kappa shape index (κ1) is 14.1. The second-order valence-electron chi connectivity index (χ2n) is 3.32. The van der Waals surface area contributed by atoms with Crippen molar-refractivity contribution >= 4 is 23.7 Å². The summed E-state index contributed by atoms with van der Waals surface area (Å²) in [4.78, 5) is 22.4. The number of halogens is 1. The molecule has 0 saturated heterocycles. The van der Waals surface area contributed by atoms with Gasteiger partial charge in [0.15, 0.2) is 6.04 Å². The number of hydrogen-bond donors (Lipinski definition) is 2. The van der Waals surface area contributed by atoms with Crippen LogP contribution in [0.3, 0.4) is 0 Å². The van der Waals surface area contributed by atoms with Gasteiger partial charge in [-0.05, 0) is 6.07 Å². The highest BCUT2D eigenvalue weighted by molar-refractivity contribution is 6.31. The second kappa shape index (κ2) is 6.66. The SMILES string of the molecule is C=CCOC(=O)N[C@@H](C(=O)O)c1ccccc1Cl. The van der Waals surface area contributed by atoms with Gasteiger partial charge in [0.25, 0.3) is 0 Å². The van der Waals surface area contributed by atoms with Gasteiger partial charge in [0.1, 0.15) is 6.61 Å². The largest absolute Gasteiger partial charge is 0.479 e. The van der Waals surface area contributed by atoms with E-state index in [2.05, 4.69) is 16.6 Å². The topological polar surface area (TPSA) is 75.6 Å². The second-order valence-corrected chi connectivity index (χ2v) is 3.73. The molecule has 0 bridgehead atoms. The van der Waals surface area contributed by atoms with Crippen molar-refractivity contribution in [1.82, 2.24) is 5.32 Å². The molecule has 1 aromatic carbocycles. The number of carboxylic acid groups (broad SMARTS) is 1. The molecule has 0 aromatic heterocycles. The van der Waals surface area contributed by atoms with E-state index in [0.717, 1.165) is 0 Å². The van der Waals surface area contributed by atoms with Gasteiger partial charge in [0.2, 0.25) is 0 Å². The number of amides is 1. The molecule has 1 rings (SSSR count). The van der Waals surface area contributed by atoms with E-state index in [1.54, 1.807) is 18.2 Å². The van der Waals surface area contributed by atoms with Crippen molar-refractivity contribution in [1.29, 1.82) is 0 Å². The lowest BCUT2D eigenvalue weighted by Gasteiger charge is -2.15. The summed E-state index contributed by atoms with van der Waals surface area (Å²) in [6.45, 7) is 3.38. The van der Waals surface area contributed by atoms with Gasteiger partial charge in [-0.3, -0.25) is 0 Å². The summed E-state index contributed by atoms with van der Waals surface area (Å²) in [5, 5.41) is 11.6. The first-order chi connectivity index (χ1) is 8.56. The maximum Gasteiger partial charge on any atom is 0.408 e. The third-order valence-corrected chi connectivity index (χ3v) is 2.40. The molecular weight excluding hydrogens is 258 g/mol. The highest BCUT2D eigenvalue weighted by atomic mass is 35.5. The summed E-state index contributed by atoms with van der Waals surface area (Å²) in [6.07, 6.45) is 0.535. The van der Waals surface area contributed by atoms with E-state index in [1.807, 2.05) is 0 Å². The summed E-state index contributed by atoms with van der Waals surface area (Å²) in [7, 11) is 0. The number of nitrogens with one attached hydrogen (secondary N) is 1. The van der Waals surface area contributed by atoms with Gasteiger partial charge >= 0.3 is 12.1 Å². The lowest BCUT2D eigenvalue weighted by Crippen LogP contribution is -2.34. The lowest BCUT2D eigenvalue weighted by molar-refractivity contribution is -0.139. The number of rotatable bonds is 5. The van der Waals surface area contributed by atoms with Crippen LogP contribution in [0.15, 0.2) is 36.9 Å². The predicted octanol–water partition coefficient (Wildman–Crippen LogP) is 2.38. The molecule has 6 heteroatoms. The zero-order chi connectivity index (χ0) is 13.5. The number of carbonyl (C=O) groups is 2. The van der Waals surface area contributed by atoms with Gasteiger partial charge in [-0.25, -0.2) is 9.59 Å². The van der Waals surface area contributed by atoms with Crippen molar-refractivity contribution in [2.75, 3.05) is 6.61 Å². The fourth-order valence-electron chi connectivity index (χ4n) is 1.28. The Morgan fingerprint density at radius 3 is 2.72 bits per heavy atom. The summed E-state index contributed by atoms with van der Waals surface area (Å²) < 4.78 is 4.66. The number of benzene rings is 1. The molecule has 0 aliphatic heterocycles. The molecule has 96 valence electrons. The third kappa shape index (κ3) is 3.78. The van der Waals surface area contributed by atoms with Gasteiger partial charge in [0.05, 0.1) is 0 Å². The molecule has 0 spiro atoms. The Morgan fingerprint density at radius 1 is 1.50 bits per heavy atom. The van der Waals surface area contributed by atoms with Gasteiger partial charge in [-0.1, -0.05) is 42.5 Å². The number of ether oxygens (including phenoxy) is 1. The normalized spacial score (nSPS) is 11.4. The lowest BCUT2D eigenvalue weighted by atomic mass is 10.1. The quantitative estimate of drug-likeness (QED) is 0.805. The minimum atomic E-state index is -1.25. The number of carboxylic acids is 1. The fourth-order valence-corrected chi connectivity index (χ4v) is 1.52. The Kier molecular flexibility index (Phi) is 5.20. The molecule has 1 aromatic rings. The first-order valence-electron chi connectivity index (χ1n) is 5.07. The smallest absolute Gasteiger partial charge is 0.408 e. The molecule has 1 amide bonds. The first-order valence-corrected chi connectivity index (χ1v) is 5.45. The van der Waals surface area contributed by atoms with Crippen LogP contribution in [-0.4, -0.2) is 23.8 Å². The summed E-state index contributed by atoms with van der Waals surface area (Å²) in [6, 6.07) is 5.11. The minimum absolute atomic E-state index is 0.000689. The predicted molar refractivity (Wildman–Crippen MR) is 66.5 cm³/mol. The third-order valence-electron chi connectivity index (χ3n) is 2.06. The van der Waals surface area contributed by atoms with Gasteiger partial charge in [0, 0.05) is 10.6 Å². The van der Waals surface area contributed by atoms with E-state index in [9.17, 15) is 9.59 Å². The number of aliphatic carboxylic acids is 1. The van der Waals surface area contributed by atoms with Gasteiger partial charge in [-0.15, -0.1) is 0 Å². The van der Waals surface area contributed by atoms with Crippen molar-refractivity contribution in [3.8, 4) is 0 Å². The maximum absolute atomic E-state index is 11.3. The van der Waals surface area contributed by atoms with Crippen LogP contribution in [-0.2, 0) is 9.53 Å². The molecular formula is C12H12ClNO4. The highest BCUT2D eigenvalue weighted by Gasteiger charge is 2.24. The van der Waals surface area contributed by atoms with E-state index >= 15 is 0 Å². The van der Waals surface area contributed by atoms with Crippen LogP contribution in [0.5, 0.6) is 0 Å². The number of carbonyl (C=O) groups excluding carboxylic acids is 1. The number of alkyl carbamates (subject to hydrolysis) is 1. The van der Waals surface area contributed by atoms with Crippen LogP contribution in [0.25, 0.3) is 0 Å². The van der Waals surface area contributed by atoms with Crippen LogP contribution in [0.1, 0.15) is 11.6 Å². The zero-order valence-electron chi connectivity index (χ0n) is 9.43. The van der Waals surface area contributed by atoms with E-state index in [-0.39, 0.29) is 11.6 Å². The highest BCUT2D eigenvalue weighted by Crippen LogP contribution is 2.22. The summed E-state index contributed by atoms with van der Waals surface area (Å²) >= 11 is 5.88. The maximum atomic E-state index is 11.3. The van der Waals surface area contributed by atoms with Gasteiger partial charge < -0.3 is 15.2 Å². The molecule has 0 radical (unpaired) electrons. The van der Waals surface area contributed by atoms with Gasteiger partial charge in [-0.2, -0.15) is 0 Å². The molecule has 0 heterocycles. The zero-order valence-corrected chi connectivity index (χ0v) is 10.2. The summed E-state index contributed by atoms with van der Waals surface area (Å²) in [5.74, 6) is -1.22. The van der Waals surface area contributed by atoms with E-state index in [1.165, 1.54) is 12.1 Å². The van der Waals surface area contributed by atoms with Crippen LogP contribution in [0.4, 0.5) is 4.79 Å². The number of hydrogen-bond acceptors (Lipinski definition) is 3. The average Bonchev–Trinajstić information content (AvgIpc) is 2.34. The van der Waals surface area contributed by atoms with E-state index in [0.29, 0.717) is 5.56 Å². The van der Waals surface area contributed by atoms with Crippen LogP contribution >= 0.6 is 11.6 Å². The fraction of sp³-hybridized carbons (Fsp3) is 0.167. The van der Waals surface area contributed by atoms with Crippen molar-refractivity contribution in [2.45, 2.75) is 6.04 Å².